The molecule has 0 aliphatic carbocycles. The summed E-state index contributed by atoms with van der Waals surface area (Å²) in [5.74, 6) is 0.405. The van der Waals surface area contributed by atoms with E-state index >= 15 is 0 Å². The van der Waals surface area contributed by atoms with E-state index in [0.29, 0.717) is 49.1 Å². The molecule has 8 nitrogen and oxygen atoms in total. The highest BCUT2D eigenvalue weighted by Gasteiger charge is 2.22. The van der Waals surface area contributed by atoms with Gasteiger partial charge in [0.25, 0.3) is 15.9 Å². The average molecular weight is 467 g/mol. The number of benzene rings is 2. The maximum absolute atomic E-state index is 12.9. The first-order chi connectivity index (χ1) is 15.9. The van der Waals surface area contributed by atoms with Gasteiger partial charge in [0.2, 0.25) is 0 Å². The Hall–Kier alpha value is -3.43. The summed E-state index contributed by atoms with van der Waals surface area (Å²) in [6.45, 7) is 4.54. The number of aryl methyl sites for hydroxylation is 1. The molecular formula is C24H26N4O4S. The fourth-order valence-electron chi connectivity index (χ4n) is 3.55. The third-order valence-electron chi connectivity index (χ3n) is 5.52. The van der Waals surface area contributed by atoms with Crippen molar-refractivity contribution in [1.29, 1.82) is 0 Å². The molecule has 0 atom stereocenters. The minimum absolute atomic E-state index is 0.213. The van der Waals surface area contributed by atoms with Gasteiger partial charge in [0.05, 0.1) is 29.5 Å². The number of hydrogen-bond acceptors (Lipinski definition) is 6. The first-order valence-electron chi connectivity index (χ1n) is 10.6. The highest BCUT2D eigenvalue weighted by molar-refractivity contribution is 7.92. The smallest absolute Gasteiger partial charge is 0.264 e. The number of nitrogens with one attached hydrogen (secondary N) is 1. The molecule has 1 aliphatic rings. The lowest BCUT2D eigenvalue weighted by Crippen LogP contribution is -2.37. The van der Waals surface area contributed by atoms with E-state index in [4.69, 9.17) is 4.74 Å². The van der Waals surface area contributed by atoms with E-state index in [9.17, 15) is 13.2 Å². The highest BCUT2D eigenvalue weighted by Crippen LogP contribution is 2.26. The molecule has 0 spiro atoms. The van der Waals surface area contributed by atoms with Gasteiger partial charge in [-0.3, -0.25) is 9.10 Å². The van der Waals surface area contributed by atoms with Crippen LogP contribution in [0, 0.1) is 6.92 Å². The Balaban J connectivity index is 1.50. The zero-order valence-corrected chi connectivity index (χ0v) is 19.4. The zero-order chi connectivity index (χ0) is 23.4. The molecule has 2 aromatic carbocycles. The summed E-state index contributed by atoms with van der Waals surface area (Å²) in [5, 5.41) is 2.92. The molecule has 1 N–H and O–H groups in total. The molecule has 4 rings (SSSR count). The van der Waals surface area contributed by atoms with Gasteiger partial charge < -0.3 is 15.0 Å². The molecule has 0 saturated carbocycles. The van der Waals surface area contributed by atoms with Crippen LogP contribution in [0.5, 0.6) is 0 Å². The van der Waals surface area contributed by atoms with Gasteiger partial charge in [0.1, 0.15) is 0 Å². The monoisotopic (exact) mass is 466 g/mol. The molecule has 1 aromatic heterocycles. The largest absolute Gasteiger partial charge is 0.378 e. The number of carbonyl (C=O) groups excluding carboxylic acids is 1. The molecular weight excluding hydrogens is 440 g/mol. The number of aromatic nitrogens is 1. The summed E-state index contributed by atoms with van der Waals surface area (Å²) in [5.41, 5.74) is 2.48. The van der Waals surface area contributed by atoms with Crippen molar-refractivity contribution in [3.05, 3.63) is 78.0 Å². The Labute approximate surface area is 193 Å². The molecule has 0 unspecified atom stereocenters. The van der Waals surface area contributed by atoms with Gasteiger partial charge in [-0.05, 0) is 55.5 Å². The predicted octanol–water partition coefficient (Wildman–Crippen LogP) is 3.30. The van der Waals surface area contributed by atoms with Crippen molar-refractivity contribution in [2.24, 2.45) is 0 Å². The van der Waals surface area contributed by atoms with Crippen LogP contribution in [-0.4, -0.2) is 52.7 Å². The van der Waals surface area contributed by atoms with E-state index in [1.165, 1.54) is 11.4 Å². The van der Waals surface area contributed by atoms with Crippen molar-refractivity contribution in [1.82, 2.24) is 4.98 Å². The topological polar surface area (TPSA) is 91.8 Å². The van der Waals surface area contributed by atoms with Crippen LogP contribution in [0.4, 0.5) is 17.2 Å². The summed E-state index contributed by atoms with van der Waals surface area (Å²) >= 11 is 0. The number of nitrogens with zero attached hydrogens (tertiary/aromatic N) is 3. The fourth-order valence-corrected chi connectivity index (χ4v) is 4.74. The average Bonchev–Trinajstić information content (AvgIpc) is 2.85. The van der Waals surface area contributed by atoms with E-state index in [1.54, 1.807) is 60.8 Å². The van der Waals surface area contributed by atoms with Crippen molar-refractivity contribution in [2.45, 2.75) is 11.8 Å². The van der Waals surface area contributed by atoms with Crippen LogP contribution in [0.25, 0.3) is 0 Å². The summed E-state index contributed by atoms with van der Waals surface area (Å²) in [4.78, 5) is 19.6. The Bertz CT molecular complexity index is 1220. The molecule has 2 heterocycles. The van der Waals surface area contributed by atoms with Crippen molar-refractivity contribution < 1.29 is 17.9 Å². The number of morpholine rings is 1. The fraction of sp³-hybridized carbons (Fsp3) is 0.250. The van der Waals surface area contributed by atoms with Crippen LogP contribution in [-0.2, 0) is 14.8 Å². The second-order valence-corrected chi connectivity index (χ2v) is 9.73. The van der Waals surface area contributed by atoms with Gasteiger partial charge in [-0.15, -0.1) is 0 Å². The van der Waals surface area contributed by atoms with Crippen molar-refractivity contribution in [3.63, 3.8) is 0 Å². The quantitative estimate of drug-likeness (QED) is 0.599. The Morgan fingerprint density at radius 1 is 1.03 bits per heavy atom. The van der Waals surface area contributed by atoms with E-state index in [1.807, 2.05) is 13.0 Å². The summed E-state index contributed by atoms with van der Waals surface area (Å²) in [6.07, 6.45) is 1.69. The number of ether oxygens (including phenoxy) is 1. The number of hydrogen-bond donors (Lipinski definition) is 1. The number of sulfonamides is 1. The molecule has 3 aromatic rings. The predicted molar refractivity (Wildman–Crippen MR) is 128 cm³/mol. The molecule has 1 aliphatic heterocycles. The van der Waals surface area contributed by atoms with Crippen molar-refractivity contribution in [3.8, 4) is 0 Å². The van der Waals surface area contributed by atoms with Crippen LogP contribution in [0.3, 0.4) is 0 Å². The van der Waals surface area contributed by atoms with E-state index < -0.39 is 10.0 Å². The first-order valence-corrected chi connectivity index (χ1v) is 12.0. The van der Waals surface area contributed by atoms with Crippen molar-refractivity contribution in [2.75, 3.05) is 47.9 Å². The summed E-state index contributed by atoms with van der Waals surface area (Å²) < 4.78 is 32.4. The molecule has 1 saturated heterocycles. The van der Waals surface area contributed by atoms with Crippen LogP contribution < -0.4 is 14.5 Å². The number of amides is 1. The second kappa shape index (κ2) is 9.60. The van der Waals surface area contributed by atoms with Gasteiger partial charge in [0.15, 0.2) is 5.82 Å². The molecule has 9 heteroatoms. The number of anilines is 3. The maximum Gasteiger partial charge on any atom is 0.264 e. The summed E-state index contributed by atoms with van der Waals surface area (Å²) in [7, 11) is -2.21. The lowest BCUT2D eigenvalue weighted by atomic mass is 10.2. The third-order valence-corrected chi connectivity index (χ3v) is 7.32. The molecule has 0 radical (unpaired) electrons. The minimum atomic E-state index is -3.70. The highest BCUT2D eigenvalue weighted by atomic mass is 32.2. The van der Waals surface area contributed by atoms with Crippen LogP contribution in [0.15, 0.2) is 71.8 Å². The van der Waals surface area contributed by atoms with Crippen LogP contribution in [0.2, 0.25) is 0 Å². The van der Waals surface area contributed by atoms with E-state index in [0.717, 1.165) is 5.56 Å². The van der Waals surface area contributed by atoms with Gasteiger partial charge >= 0.3 is 0 Å². The van der Waals surface area contributed by atoms with E-state index in [2.05, 4.69) is 15.2 Å². The molecule has 0 bridgehead atoms. The standard InChI is InChI=1S/C24H26N4O4S/c1-18-5-11-21(12-6-18)33(30,31)27(2)20-9-7-19(8-10-20)24(29)26-22-4-3-13-25-23(22)28-14-16-32-17-15-28/h3-13H,14-17H2,1-2H3,(H,26,29). The summed E-state index contributed by atoms with van der Waals surface area (Å²) in [6, 6.07) is 16.7. The lowest BCUT2D eigenvalue weighted by molar-refractivity contribution is 0.102. The third kappa shape index (κ3) is 4.99. The van der Waals surface area contributed by atoms with Crippen LogP contribution in [0.1, 0.15) is 15.9 Å². The first kappa shape index (κ1) is 22.8. The van der Waals surface area contributed by atoms with Gasteiger partial charge in [-0.25, -0.2) is 13.4 Å². The lowest BCUT2D eigenvalue weighted by Gasteiger charge is -2.29. The number of pyridine rings is 1. The van der Waals surface area contributed by atoms with Gasteiger partial charge in [-0.1, -0.05) is 17.7 Å². The molecule has 172 valence electrons. The number of rotatable bonds is 6. The Morgan fingerprint density at radius 3 is 2.36 bits per heavy atom. The minimum Gasteiger partial charge on any atom is -0.378 e. The molecule has 1 amide bonds. The molecule has 33 heavy (non-hydrogen) atoms. The van der Waals surface area contributed by atoms with Gasteiger partial charge in [0, 0.05) is 31.9 Å². The number of carbonyl (C=O) groups is 1. The van der Waals surface area contributed by atoms with E-state index in [-0.39, 0.29) is 10.8 Å². The Kier molecular flexibility index (Phi) is 6.62. The maximum atomic E-state index is 12.9. The SMILES string of the molecule is Cc1ccc(S(=O)(=O)N(C)c2ccc(C(=O)Nc3cccnc3N3CCOCC3)cc2)cc1. The Morgan fingerprint density at radius 2 is 1.70 bits per heavy atom. The normalized spacial score (nSPS) is 14.1. The van der Waals surface area contributed by atoms with Crippen LogP contribution >= 0.6 is 0 Å². The second-order valence-electron chi connectivity index (χ2n) is 7.76. The molecule has 1 fully saturated rings. The van der Waals surface area contributed by atoms with Crippen molar-refractivity contribution >= 4 is 33.1 Å². The van der Waals surface area contributed by atoms with Gasteiger partial charge in [-0.2, -0.15) is 0 Å². The zero-order valence-electron chi connectivity index (χ0n) is 18.6.